The van der Waals surface area contributed by atoms with Crippen LogP contribution in [0.25, 0.3) is 22.2 Å². The van der Waals surface area contributed by atoms with E-state index in [0.717, 1.165) is 22.1 Å². The summed E-state index contributed by atoms with van der Waals surface area (Å²) in [6.07, 6.45) is 5.92. The second kappa shape index (κ2) is 6.76. The molecule has 3 aromatic heterocycles. The number of anilines is 1. The van der Waals surface area contributed by atoms with E-state index in [1.54, 1.807) is 23.3 Å². The molecule has 3 aromatic rings. The summed E-state index contributed by atoms with van der Waals surface area (Å²) >= 11 is 0. The number of carbonyl (C=O) groups excluding carboxylic acids is 1. The van der Waals surface area contributed by atoms with Crippen molar-refractivity contribution in [1.82, 2.24) is 19.7 Å². The smallest absolute Gasteiger partial charge is 0.222 e. The lowest BCUT2D eigenvalue weighted by molar-refractivity contribution is -0.114. The quantitative estimate of drug-likeness (QED) is 0.750. The number of pyridine rings is 2. The van der Waals surface area contributed by atoms with Crippen molar-refractivity contribution in [3.05, 3.63) is 36.3 Å². The molecule has 0 spiro atoms. The molecule has 1 amide bonds. The highest BCUT2D eigenvalue weighted by Gasteiger charge is 2.14. The number of aliphatic hydroxyl groups is 1. The standard InChI is InChI=1S/C17H19N5O2/c1-11-6-13(9-18-8-11)14-7-15-16(20-12(2)24)21-22(4-3-5-23)17(15)19-10-14/h6-10,23H,3-5H2,1-2H3,(H,20,21,24). The van der Waals surface area contributed by atoms with Gasteiger partial charge in [0.15, 0.2) is 11.5 Å². The van der Waals surface area contributed by atoms with Gasteiger partial charge in [-0.15, -0.1) is 0 Å². The summed E-state index contributed by atoms with van der Waals surface area (Å²) in [6, 6.07) is 3.98. The molecule has 0 aliphatic rings. The maximum atomic E-state index is 11.4. The molecule has 0 bridgehead atoms. The summed E-state index contributed by atoms with van der Waals surface area (Å²) in [4.78, 5) is 20.2. The van der Waals surface area contributed by atoms with Crippen LogP contribution in [-0.4, -0.2) is 37.4 Å². The second-order valence-corrected chi connectivity index (χ2v) is 5.68. The number of aliphatic hydroxyl groups excluding tert-OH is 1. The van der Waals surface area contributed by atoms with Crippen molar-refractivity contribution in [2.24, 2.45) is 0 Å². The van der Waals surface area contributed by atoms with Gasteiger partial charge >= 0.3 is 0 Å². The van der Waals surface area contributed by atoms with E-state index >= 15 is 0 Å². The van der Waals surface area contributed by atoms with E-state index in [2.05, 4.69) is 20.4 Å². The second-order valence-electron chi connectivity index (χ2n) is 5.68. The van der Waals surface area contributed by atoms with Gasteiger partial charge in [0, 0.05) is 49.8 Å². The van der Waals surface area contributed by atoms with E-state index in [-0.39, 0.29) is 12.5 Å². The maximum absolute atomic E-state index is 11.4. The highest BCUT2D eigenvalue weighted by atomic mass is 16.3. The third-order valence-electron chi connectivity index (χ3n) is 3.62. The highest BCUT2D eigenvalue weighted by molar-refractivity contribution is 5.99. The number of rotatable bonds is 5. The number of nitrogens with zero attached hydrogens (tertiary/aromatic N) is 4. The summed E-state index contributed by atoms with van der Waals surface area (Å²) < 4.78 is 1.70. The van der Waals surface area contributed by atoms with Crippen LogP contribution in [0.3, 0.4) is 0 Å². The van der Waals surface area contributed by atoms with Gasteiger partial charge in [-0.25, -0.2) is 9.67 Å². The fraction of sp³-hybridized carbons (Fsp3) is 0.294. The number of nitrogens with one attached hydrogen (secondary N) is 1. The lowest BCUT2D eigenvalue weighted by Crippen LogP contribution is -2.08. The Hall–Kier alpha value is -2.80. The minimum Gasteiger partial charge on any atom is -0.396 e. The molecule has 0 aliphatic heterocycles. The van der Waals surface area contributed by atoms with Crippen molar-refractivity contribution in [3.8, 4) is 11.1 Å². The molecule has 0 atom stereocenters. The zero-order valence-electron chi connectivity index (χ0n) is 13.7. The average molecular weight is 325 g/mol. The average Bonchev–Trinajstić information content (AvgIpc) is 2.89. The number of carbonyl (C=O) groups is 1. The van der Waals surface area contributed by atoms with Crippen molar-refractivity contribution in [2.75, 3.05) is 11.9 Å². The Bertz CT molecular complexity index is 888. The summed E-state index contributed by atoms with van der Waals surface area (Å²) in [5.41, 5.74) is 3.61. The van der Waals surface area contributed by atoms with Crippen LogP contribution in [0.2, 0.25) is 0 Å². The Labute approximate surface area is 139 Å². The van der Waals surface area contributed by atoms with Crippen LogP contribution in [-0.2, 0) is 11.3 Å². The lowest BCUT2D eigenvalue weighted by Gasteiger charge is -2.04. The first kappa shape index (κ1) is 16.1. The first-order valence-corrected chi connectivity index (χ1v) is 7.75. The Morgan fingerprint density at radius 2 is 2.04 bits per heavy atom. The Kier molecular flexibility index (Phi) is 4.52. The molecule has 0 saturated heterocycles. The summed E-state index contributed by atoms with van der Waals surface area (Å²) in [5.74, 6) is 0.289. The SMILES string of the molecule is CC(=O)Nc1nn(CCCO)c2ncc(-c3cncc(C)c3)cc12. The van der Waals surface area contributed by atoms with Crippen molar-refractivity contribution >= 4 is 22.8 Å². The van der Waals surface area contributed by atoms with E-state index in [1.807, 2.05) is 19.1 Å². The van der Waals surface area contributed by atoms with Crippen LogP contribution in [0.5, 0.6) is 0 Å². The third kappa shape index (κ3) is 3.26. The van der Waals surface area contributed by atoms with Gasteiger partial charge < -0.3 is 10.4 Å². The van der Waals surface area contributed by atoms with E-state index in [9.17, 15) is 4.79 Å². The molecule has 0 aromatic carbocycles. The highest BCUT2D eigenvalue weighted by Crippen LogP contribution is 2.27. The molecular weight excluding hydrogens is 306 g/mol. The minimum absolute atomic E-state index is 0.0733. The van der Waals surface area contributed by atoms with E-state index < -0.39 is 0 Å². The van der Waals surface area contributed by atoms with Crippen molar-refractivity contribution < 1.29 is 9.90 Å². The number of aryl methyl sites for hydroxylation is 2. The van der Waals surface area contributed by atoms with Crippen molar-refractivity contribution in [1.29, 1.82) is 0 Å². The van der Waals surface area contributed by atoms with Gasteiger partial charge in [-0.05, 0) is 31.0 Å². The fourth-order valence-electron chi connectivity index (χ4n) is 2.57. The number of hydrogen-bond acceptors (Lipinski definition) is 5. The summed E-state index contributed by atoms with van der Waals surface area (Å²) in [5, 5.41) is 17.0. The largest absolute Gasteiger partial charge is 0.396 e. The first-order valence-electron chi connectivity index (χ1n) is 7.75. The Morgan fingerprint density at radius 3 is 2.75 bits per heavy atom. The monoisotopic (exact) mass is 325 g/mol. The number of hydrogen-bond donors (Lipinski definition) is 2. The predicted molar refractivity (Wildman–Crippen MR) is 91.5 cm³/mol. The van der Waals surface area contributed by atoms with Crippen LogP contribution >= 0.6 is 0 Å². The van der Waals surface area contributed by atoms with Gasteiger partial charge in [0.2, 0.25) is 5.91 Å². The van der Waals surface area contributed by atoms with Crippen LogP contribution < -0.4 is 5.32 Å². The molecule has 24 heavy (non-hydrogen) atoms. The molecule has 0 radical (unpaired) electrons. The molecule has 0 fully saturated rings. The molecule has 7 heteroatoms. The Morgan fingerprint density at radius 1 is 1.25 bits per heavy atom. The molecular formula is C17H19N5O2. The number of aromatic nitrogens is 4. The summed E-state index contributed by atoms with van der Waals surface area (Å²) in [7, 11) is 0. The Balaban J connectivity index is 2.10. The van der Waals surface area contributed by atoms with E-state index in [1.165, 1.54) is 6.92 Å². The van der Waals surface area contributed by atoms with Crippen LogP contribution in [0.4, 0.5) is 5.82 Å². The first-order chi connectivity index (χ1) is 11.6. The molecule has 0 aliphatic carbocycles. The molecule has 3 heterocycles. The van der Waals surface area contributed by atoms with Gasteiger partial charge in [-0.2, -0.15) is 5.10 Å². The van der Waals surface area contributed by atoms with Gasteiger partial charge in [-0.3, -0.25) is 9.78 Å². The van der Waals surface area contributed by atoms with Crippen LogP contribution in [0, 0.1) is 6.92 Å². The van der Waals surface area contributed by atoms with E-state index in [0.29, 0.717) is 24.4 Å². The van der Waals surface area contributed by atoms with Gasteiger partial charge in [-0.1, -0.05) is 0 Å². The lowest BCUT2D eigenvalue weighted by atomic mass is 10.1. The van der Waals surface area contributed by atoms with Gasteiger partial charge in [0.25, 0.3) is 0 Å². The van der Waals surface area contributed by atoms with Crippen molar-refractivity contribution in [2.45, 2.75) is 26.8 Å². The molecule has 7 nitrogen and oxygen atoms in total. The third-order valence-corrected chi connectivity index (χ3v) is 3.62. The predicted octanol–water partition coefficient (Wildman–Crippen LogP) is 2.14. The van der Waals surface area contributed by atoms with Gasteiger partial charge in [0.05, 0.1) is 5.39 Å². The topological polar surface area (TPSA) is 92.9 Å². The zero-order valence-corrected chi connectivity index (χ0v) is 13.7. The fourth-order valence-corrected chi connectivity index (χ4v) is 2.57. The van der Waals surface area contributed by atoms with Gasteiger partial charge in [0.1, 0.15) is 0 Å². The number of amides is 1. The summed E-state index contributed by atoms with van der Waals surface area (Å²) in [6.45, 7) is 4.03. The molecule has 0 unspecified atom stereocenters. The zero-order chi connectivity index (χ0) is 17.1. The molecule has 2 N–H and O–H groups in total. The molecule has 124 valence electrons. The molecule has 0 saturated carbocycles. The van der Waals surface area contributed by atoms with Crippen molar-refractivity contribution in [3.63, 3.8) is 0 Å². The number of fused-ring (bicyclic) bond motifs is 1. The van der Waals surface area contributed by atoms with E-state index in [4.69, 9.17) is 5.11 Å². The maximum Gasteiger partial charge on any atom is 0.222 e. The van der Waals surface area contributed by atoms with Crippen LogP contribution in [0.1, 0.15) is 18.9 Å². The molecule has 3 rings (SSSR count). The van der Waals surface area contributed by atoms with Crippen LogP contribution in [0.15, 0.2) is 30.7 Å². The minimum atomic E-state index is -0.189. The normalized spacial score (nSPS) is 11.0.